The van der Waals surface area contributed by atoms with Crippen LogP contribution >= 0.6 is 0 Å². The number of quaternary nitrogens is 1. The van der Waals surface area contributed by atoms with E-state index in [9.17, 15) is 0 Å². The van der Waals surface area contributed by atoms with Crippen LogP contribution in [0.5, 0.6) is 0 Å². The third-order valence-electron chi connectivity index (χ3n) is 9.09. The Morgan fingerprint density at radius 2 is 0.953 bits per heavy atom. The molecule has 0 aliphatic rings. The molecule has 0 aliphatic carbocycles. The smallest absolute Gasteiger partial charge is 0.501 e. The molecule has 0 saturated carbocycles. The summed E-state index contributed by atoms with van der Waals surface area (Å²) in [6, 6.07) is 12.6. The van der Waals surface area contributed by atoms with Crippen molar-refractivity contribution in [1.29, 1.82) is 0 Å². The number of rotatable bonds is 30. The molecule has 0 heterocycles. The van der Waals surface area contributed by atoms with Gasteiger partial charge >= 0.3 is 8.80 Å². The van der Waals surface area contributed by atoms with Crippen LogP contribution in [-0.4, -0.2) is 53.2 Å². The van der Waals surface area contributed by atoms with Crippen molar-refractivity contribution in [2.45, 2.75) is 162 Å². The van der Waals surface area contributed by atoms with E-state index in [2.05, 4.69) is 72.0 Å². The predicted octanol–water partition coefficient (Wildman–Crippen LogP) is 8.29. The van der Waals surface area contributed by atoms with Gasteiger partial charge in [0.25, 0.3) is 0 Å². The topological polar surface area (TPSA) is 27.7 Å². The van der Waals surface area contributed by atoms with E-state index in [1.807, 2.05) is 0 Å². The molecule has 1 aromatic rings. The second-order valence-corrected chi connectivity index (χ2v) is 15.4. The maximum Gasteiger partial charge on any atom is 0.501 e. The van der Waals surface area contributed by atoms with Crippen LogP contribution in [0, 0.1) is 0 Å². The number of halogens is 1. The summed E-state index contributed by atoms with van der Waals surface area (Å²) >= 11 is 0. The lowest BCUT2D eigenvalue weighted by Crippen LogP contribution is -3.00. The Labute approximate surface area is 276 Å². The largest absolute Gasteiger partial charge is 1.00 e. The third kappa shape index (κ3) is 19.0. The van der Waals surface area contributed by atoms with Gasteiger partial charge in [0, 0.05) is 44.3 Å². The Balaban J connectivity index is 0.0000176. The van der Waals surface area contributed by atoms with Crippen LogP contribution in [0.2, 0.25) is 6.04 Å². The van der Waals surface area contributed by atoms with E-state index in [1.165, 1.54) is 115 Å². The summed E-state index contributed by atoms with van der Waals surface area (Å²) in [4.78, 5) is 0. The zero-order valence-corrected chi connectivity index (χ0v) is 31.2. The Hall–Kier alpha value is -0.433. The minimum absolute atomic E-state index is 0. The first-order chi connectivity index (χ1) is 20.5. The first-order valence-electron chi connectivity index (χ1n) is 18.3. The summed E-state index contributed by atoms with van der Waals surface area (Å²) in [5.74, 6) is 0. The SMILES string of the molecule is CCCCCCCCCCCCCCCCCC[N+](C)(CCC[Si](OCC)(OCC)OCC)C(CC)c1ccccc1.[Cl-]. The van der Waals surface area contributed by atoms with Crippen LogP contribution in [0.25, 0.3) is 0 Å². The van der Waals surface area contributed by atoms with Gasteiger partial charge in [-0.1, -0.05) is 134 Å². The fourth-order valence-electron chi connectivity index (χ4n) is 6.81. The zero-order chi connectivity index (χ0) is 30.8. The lowest BCUT2D eigenvalue weighted by atomic mass is 9.99. The summed E-state index contributed by atoms with van der Waals surface area (Å²) in [7, 11) is -0.108. The van der Waals surface area contributed by atoms with Gasteiger partial charge in [-0.3, -0.25) is 0 Å². The molecule has 0 spiro atoms. The number of hydrogen-bond donors (Lipinski definition) is 0. The number of hydrogen-bond acceptors (Lipinski definition) is 3. The molecule has 0 radical (unpaired) electrons. The maximum absolute atomic E-state index is 6.18. The van der Waals surface area contributed by atoms with E-state index in [0.717, 1.165) is 29.9 Å². The molecule has 0 aliphatic heterocycles. The van der Waals surface area contributed by atoms with Crippen LogP contribution in [-0.2, 0) is 13.3 Å². The normalized spacial score (nSPS) is 13.9. The molecule has 0 aromatic heterocycles. The van der Waals surface area contributed by atoms with Gasteiger partial charge < -0.3 is 30.2 Å². The molecular weight excluding hydrogens is 570 g/mol. The van der Waals surface area contributed by atoms with Gasteiger partial charge in [-0.05, 0) is 33.6 Å². The zero-order valence-electron chi connectivity index (χ0n) is 29.5. The molecule has 43 heavy (non-hydrogen) atoms. The van der Waals surface area contributed by atoms with Gasteiger partial charge in [0.05, 0.1) is 20.1 Å². The van der Waals surface area contributed by atoms with Crippen molar-refractivity contribution in [3.8, 4) is 0 Å². The van der Waals surface area contributed by atoms with E-state index >= 15 is 0 Å². The molecular formula is C37H72ClNO3Si. The summed E-state index contributed by atoms with van der Waals surface area (Å²) in [5, 5.41) is 0. The second-order valence-electron chi connectivity index (χ2n) is 12.7. The van der Waals surface area contributed by atoms with Crippen molar-refractivity contribution in [2.24, 2.45) is 0 Å². The molecule has 0 saturated heterocycles. The highest BCUT2D eigenvalue weighted by Crippen LogP contribution is 2.32. The molecule has 1 rings (SSSR count). The van der Waals surface area contributed by atoms with Gasteiger partial charge in [0.2, 0.25) is 0 Å². The molecule has 254 valence electrons. The van der Waals surface area contributed by atoms with E-state index in [4.69, 9.17) is 13.3 Å². The number of benzene rings is 1. The van der Waals surface area contributed by atoms with E-state index in [0.29, 0.717) is 25.9 Å². The minimum Gasteiger partial charge on any atom is -1.00 e. The fourth-order valence-corrected chi connectivity index (χ4v) is 9.41. The maximum atomic E-state index is 6.18. The average Bonchev–Trinajstić information content (AvgIpc) is 2.98. The first-order valence-corrected chi connectivity index (χ1v) is 20.2. The minimum atomic E-state index is -2.61. The first kappa shape index (κ1) is 42.6. The Kier molecular flexibility index (Phi) is 27.6. The molecule has 6 heteroatoms. The average molecular weight is 643 g/mol. The standard InChI is InChI=1S/C37H72NO3Si.ClH/c1-7-12-13-14-15-16-17-18-19-20-21-22-23-24-25-29-33-38(6,37(8-2)36-31-27-26-28-32-36)34-30-35-42(39-9-3,40-10-4)41-11-5;/h26-28,31-32,37H,7-25,29-30,33-35H2,1-6H3;1H/q+1;/p-1. The number of nitrogens with zero attached hydrogens (tertiary/aromatic N) is 1. The molecule has 4 nitrogen and oxygen atoms in total. The van der Waals surface area contributed by atoms with Crippen LogP contribution < -0.4 is 12.4 Å². The van der Waals surface area contributed by atoms with Crippen LogP contribution in [0.15, 0.2) is 30.3 Å². The van der Waals surface area contributed by atoms with E-state index in [1.54, 1.807) is 0 Å². The van der Waals surface area contributed by atoms with Crippen molar-refractivity contribution in [3.63, 3.8) is 0 Å². The van der Waals surface area contributed by atoms with Crippen LogP contribution in [0.4, 0.5) is 0 Å². The Morgan fingerprint density at radius 3 is 1.35 bits per heavy atom. The van der Waals surface area contributed by atoms with Gasteiger partial charge in [-0.25, -0.2) is 0 Å². The van der Waals surface area contributed by atoms with Gasteiger partial charge in [0.15, 0.2) is 0 Å². The third-order valence-corrected chi connectivity index (χ3v) is 12.2. The predicted molar refractivity (Wildman–Crippen MR) is 185 cm³/mol. The Bertz CT molecular complexity index is 708. The second kappa shape index (κ2) is 27.8. The van der Waals surface area contributed by atoms with Gasteiger partial charge in [-0.2, -0.15) is 0 Å². The molecule has 1 aromatic carbocycles. The van der Waals surface area contributed by atoms with Crippen molar-refractivity contribution in [2.75, 3.05) is 40.0 Å². The Morgan fingerprint density at radius 1 is 0.558 bits per heavy atom. The quantitative estimate of drug-likeness (QED) is 0.0481. The highest BCUT2D eigenvalue weighted by atomic mass is 35.5. The van der Waals surface area contributed by atoms with Crippen molar-refractivity contribution >= 4 is 8.80 Å². The van der Waals surface area contributed by atoms with E-state index in [-0.39, 0.29) is 12.4 Å². The monoisotopic (exact) mass is 641 g/mol. The summed E-state index contributed by atoms with van der Waals surface area (Å²) in [5.41, 5.74) is 1.47. The molecule has 0 N–H and O–H groups in total. The van der Waals surface area contributed by atoms with Crippen molar-refractivity contribution < 1.29 is 30.2 Å². The molecule has 0 bridgehead atoms. The van der Waals surface area contributed by atoms with Gasteiger partial charge in [-0.15, -0.1) is 0 Å². The van der Waals surface area contributed by atoms with Crippen LogP contribution in [0.1, 0.15) is 162 Å². The molecule has 2 atom stereocenters. The summed E-state index contributed by atoms with van der Waals surface area (Å²) in [6.07, 6.45) is 24.9. The summed E-state index contributed by atoms with van der Waals surface area (Å²) < 4.78 is 19.6. The summed E-state index contributed by atoms with van der Waals surface area (Å²) in [6.45, 7) is 15.2. The highest BCUT2D eigenvalue weighted by Gasteiger charge is 2.41. The fraction of sp³-hybridized carbons (Fsp3) is 0.838. The highest BCUT2D eigenvalue weighted by molar-refractivity contribution is 6.60. The van der Waals surface area contributed by atoms with Crippen molar-refractivity contribution in [3.05, 3.63) is 35.9 Å². The lowest BCUT2D eigenvalue weighted by molar-refractivity contribution is -0.940. The molecule has 0 amide bonds. The molecule has 0 fully saturated rings. The van der Waals surface area contributed by atoms with Crippen LogP contribution in [0.3, 0.4) is 0 Å². The molecule has 2 unspecified atom stereocenters. The van der Waals surface area contributed by atoms with Gasteiger partial charge in [0.1, 0.15) is 6.04 Å². The lowest BCUT2D eigenvalue weighted by Gasteiger charge is -2.42. The van der Waals surface area contributed by atoms with Crippen molar-refractivity contribution in [1.82, 2.24) is 0 Å². The van der Waals surface area contributed by atoms with E-state index < -0.39 is 8.80 Å². The number of unbranched alkanes of at least 4 members (excludes halogenated alkanes) is 15.